The van der Waals surface area contributed by atoms with E-state index in [0.717, 1.165) is 12.1 Å². The Morgan fingerprint density at radius 1 is 1.08 bits per heavy atom. The summed E-state index contributed by atoms with van der Waals surface area (Å²) in [6.07, 6.45) is -2.76. The third-order valence-corrected chi connectivity index (χ3v) is 1.62. The molecule has 0 amide bonds. The van der Waals surface area contributed by atoms with Crippen molar-refractivity contribution in [3.63, 3.8) is 0 Å². The summed E-state index contributed by atoms with van der Waals surface area (Å²) >= 11 is 5.26. The van der Waals surface area contributed by atoms with E-state index in [4.69, 9.17) is 11.6 Å². The van der Waals surface area contributed by atoms with Crippen LogP contribution < -0.4 is 0 Å². The molecule has 1 aromatic rings. The third kappa shape index (κ3) is 2.77. The summed E-state index contributed by atoms with van der Waals surface area (Å²) < 4.78 is 36.2. The van der Waals surface area contributed by atoms with E-state index < -0.39 is 11.7 Å². The molecule has 0 aliphatic heterocycles. The molecule has 0 radical (unpaired) electrons. The van der Waals surface area contributed by atoms with E-state index in [1.165, 1.54) is 23.7 Å². The van der Waals surface area contributed by atoms with Crippen LogP contribution >= 0.6 is 11.6 Å². The van der Waals surface area contributed by atoms with Crippen molar-refractivity contribution in [2.24, 2.45) is 0 Å². The number of halogens is 4. The van der Waals surface area contributed by atoms with E-state index in [9.17, 15) is 13.2 Å². The fraction of sp³-hybridized carbons (Fsp3) is 0.111. The van der Waals surface area contributed by atoms with Crippen LogP contribution in [-0.2, 0) is 6.18 Å². The monoisotopic (exact) mass is 206 g/mol. The molecule has 4 heteroatoms. The van der Waals surface area contributed by atoms with Crippen LogP contribution in [0.4, 0.5) is 13.2 Å². The Kier molecular flexibility index (Phi) is 2.98. The topological polar surface area (TPSA) is 0 Å². The van der Waals surface area contributed by atoms with Gasteiger partial charge in [-0.25, -0.2) is 0 Å². The molecule has 0 heterocycles. The molecule has 0 nitrogen and oxygen atoms in total. The fourth-order valence-electron chi connectivity index (χ4n) is 0.856. The van der Waals surface area contributed by atoms with Gasteiger partial charge in [0.2, 0.25) is 0 Å². The van der Waals surface area contributed by atoms with Crippen LogP contribution in [0.2, 0.25) is 0 Å². The van der Waals surface area contributed by atoms with Crippen molar-refractivity contribution < 1.29 is 13.2 Å². The van der Waals surface area contributed by atoms with Crippen LogP contribution in [0, 0.1) is 0 Å². The van der Waals surface area contributed by atoms with Gasteiger partial charge in [0.1, 0.15) is 0 Å². The highest BCUT2D eigenvalue weighted by Gasteiger charge is 2.29. The Bertz CT molecular complexity index is 298. The highest BCUT2D eigenvalue weighted by Crippen LogP contribution is 2.29. The van der Waals surface area contributed by atoms with Crippen LogP contribution in [0.25, 0.3) is 6.08 Å². The van der Waals surface area contributed by atoms with Gasteiger partial charge in [-0.2, -0.15) is 13.2 Å². The lowest BCUT2D eigenvalue weighted by atomic mass is 10.1. The second-order valence-corrected chi connectivity index (χ2v) is 2.66. The van der Waals surface area contributed by atoms with Gasteiger partial charge < -0.3 is 0 Å². The maximum absolute atomic E-state index is 12.1. The van der Waals surface area contributed by atoms with E-state index in [0.29, 0.717) is 5.56 Å². The molecule has 0 N–H and O–H groups in total. The predicted molar refractivity (Wildman–Crippen MR) is 46.3 cm³/mol. The van der Waals surface area contributed by atoms with Crippen LogP contribution in [0.1, 0.15) is 11.1 Å². The van der Waals surface area contributed by atoms with Crippen LogP contribution in [-0.4, -0.2) is 0 Å². The lowest BCUT2D eigenvalue weighted by molar-refractivity contribution is -0.137. The van der Waals surface area contributed by atoms with Crippen molar-refractivity contribution in [1.29, 1.82) is 0 Å². The van der Waals surface area contributed by atoms with Gasteiger partial charge in [0, 0.05) is 5.54 Å². The number of hydrogen-bond acceptors (Lipinski definition) is 0. The van der Waals surface area contributed by atoms with Crippen LogP contribution in [0.5, 0.6) is 0 Å². The van der Waals surface area contributed by atoms with Crippen molar-refractivity contribution in [3.8, 4) is 0 Å². The molecular formula is C9H6ClF3. The van der Waals surface area contributed by atoms with Crippen molar-refractivity contribution in [2.45, 2.75) is 6.18 Å². The first-order chi connectivity index (χ1) is 6.04. The van der Waals surface area contributed by atoms with Crippen LogP contribution in [0.15, 0.2) is 29.8 Å². The predicted octanol–water partition coefficient (Wildman–Crippen LogP) is 3.91. The summed E-state index contributed by atoms with van der Waals surface area (Å²) in [4.78, 5) is 0. The zero-order valence-electron chi connectivity index (χ0n) is 6.48. The van der Waals surface area contributed by atoms with Crippen molar-refractivity contribution in [2.75, 3.05) is 0 Å². The van der Waals surface area contributed by atoms with Gasteiger partial charge in [0.15, 0.2) is 0 Å². The lowest BCUT2D eigenvalue weighted by Gasteiger charge is -2.05. The first kappa shape index (κ1) is 10.1. The van der Waals surface area contributed by atoms with Gasteiger partial charge in [-0.15, -0.1) is 0 Å². The van der Waals surface area contributed by atoms with Crippen molar-refractivity contribution in [3.05, 3.63) is 40.9 Å². The zero-order chi connectivity index (χ0) is 9.90. The maximum atomic E-state index is 12.1. The van der Waals surface area contributed by atoms with Gasteiger partial charge in [0.25, 0.3) is 0 Å². The van der Waals surface area contributed by atoms with E-state index in [-0.39, 0.29) is 0 Å². The Balaban J connectivity index is 2.94. The van der Waals surface area contributed by atoms with Gasteiger partial charge >= 0.3 is 6.18 Å². The molecule has 1 aromatic carbocycles. The van der Waals surface area contributed by atoms with Crippen molar-refractivity contribution >= 4 is 17.7 Å². The van der Waals surface area contributed by atoms with E-state index in [2.05, 4.69) is 0 Å². The lowest BCUT2D eigenvalue weighted by Crippen LogP contribution is -2.03. The number of benzene rings is 1. The van der Waals surface area contributed by atoms with Gasteiger partial charge in [-0.3, -0.25) is 0 Å². The minimum atomic E-state index is -4.27. The Morgan fingerprint density at radius 3 is 2.00 bits per heavy atom. The molecule has 0 aliphatic carbocycles. The quantitative estimate of drug-likeness (QED) is 0.654. The Hall–Kier alpha value is -0.960. The molecular weight excluding hydrogens is 201 g/mol. The molecule has 0 saturated carbocycles. The summed E-state index contributed by atoms with van der Waals surface area (Å²) in [5, 5.41) is 0. The summed E-state index contributed by atoms with van der Waals surface area (Å²) in [6, 6.07) is 4.77. The van der Waals surface area contributed by atoms with E-state index in [1.807, 2.05) is 0 Å². The Morgan fingerprint density at radius 2 is 1.62 bits per heavy atom. The molecule has 0 spiro atoms. The standard InChI is InChI=1S/C9H6ClF3/c10-6-5-7-1-3-8(4-2-7)9(11,12)13/h1-6H/b6-5-. The first-order valence-corrected chi connectivity index (χ1v) is 3.91. The first-order valence-electron chi connectivity index (χ1n) is 3.48. The molecule has 0 saturated heterocycles. The summed E-state index contributed by atoms with van der Waals surface area (Å²) in [5.41, 5.74) is 1.24. The Labute approximate surface area is 78.6 Å². The summed E-state index contributed by atoms with van der Waals surface area (Å²) in [7, 11) is 0. The summed E-state index contributed by atoms with van der Waals surface area (Å²) in [5.74, 6) is 0. The van der Waals surface area contributed by atoms with Gasteiger partial charge in [0.05, 0.1) is 5.56 Å². The third-order valence-electron chi connectivity index (χ3n) is 1.49. The molecule has 13 heavy (non-hydrogen) atoms. The van der Waals surface area contributed by atoms with E-state index >= 15 is 0 Å². The average Bonchev–Trinajstić information content (AvgIpc) is 2.04. The normalized spacial score (nSPS) is 12.3. The highest BCUT2D eigenvalue weighted by molar-refractivity contribution is 6.27. The molecule has 1 rings (SSSR count). The molecule has 0 aromatic heterocycles. The van der Waals surface area contributed by atoms with E-state index in [1.54, 1.807) is 0 Å². The van der Waals surface area contributed by atoms with Gasteiger partial charge in [-0.05, 0) is 23.8 Å². The smallest absolute Gasteiger partial charge is 0.166 e. The molecule has 0 aliphatic rings. The molecule has 0 fully saturated rings. The average molecular weight is 207 g/mol. The minimum absolute atomic E-state index is 0.642. The van der Waals surface area contributed by atoms with Crippen LogP contribution in [0.3, 0.4) is 0 Å². The SMILES string of the molecule is FC(F)(F)c1ccc(/C=C\Cl)cc1. The molecule has 70 valence electrons. The number of alkyl halides is 3. The van der Waals surface area contributed by atoms with Crippen molar-refractivity contribution in [1.82, 2.24) is 0 Å². The zero-order valence-corrected chi connectivity index (χ0v) is 7.23. The number of rotatable bonds is 1. The highest BCUT2D eigenvalue weighted by atomic mass is 35.5. The number of hydrogen-bond donors (Lipinski definition) is 0. The summed E-state index contributed by atoms with van der Waals surface area (Å²) in [6.45, 7) is 0. The molecule has 0 atom stereocenters. The molecule has 0 unspecified atom stereocenters. The van der Waals surface area contributed by atoms with Gasteiger partial charge in [-0.1, -0.05) is 23.7 Å². The maximum Gasteiger partial charge on any atom is 0.416 e. The largest absolute Gasteiger partial charge is 0.416 e. The second kappa shape index (κ2) is 3.83. The fourth-order valence-corrected chi connectivity index (χ4v) is 1.00. The second-order valence-electron chi connectivity index (χ2n) is 2.41. The molecule has 0 bridgehead atoms. The minimum Gasteiger partial charge on any atom is -0.166 e.